The minimum Gasteiger partial charge on any atom is -0.345 e. The number of non-ortho nitro benzene ring substituents is 1. The van der Waals surface area contributed by atoms with E-state index >= 15 is 0 Å². The van der Waals surface area contributed by atoms with Gasteiger partial charge in [-0.15, -0.1) is 0 Å². The van der Waals surface area contributed by atoms with Gasteiger partial charge < -0.3 is 5.32 Å². The summed E-state index contributed by atoms with van der Waals surface area (Å²) in [4.78, 5) is 22.4. The van der Waals surface area contributed by atoms with Crippen molar-refractivity contribution in [3.8, 4) is 0 Å². The highest BCUT2D eigenvalue weighted by Crippen LogP contribution is 2.23. The van der Waals surface area contributed by atoms with Gasteiger partial charge in [-0.05, 0) is 35.7 Å². The molecule has 0 bridgehead atoms. The molecule has 0 aliphatic carbocycles. The van der Waals surface area contributed by atoms with Gasteiger partial charge in [0.25, 0.3) is 11.6 Å². The van der Waals surface area contributed by atoms with Gasteiger partial charge in [0.15, 0.2) is 0 Å². The Morgan fingerprint density at radius 3 is 2.13 bits per heavy atom. The molecular weight excluding hydrogens is 299 g/mol. The Hall–Kier alpha value is -2.76. The number of halogens is 1. The Bertz CT molecular complexity index is 697. The molecule has 1 unspecified atom stereocenters. The summed E-state index contributed by atoms with van der Waals surface area (Å²) in [5.74, 6) is -0.566. The highest BCUT2D eigenvalue weighted by Gasteiger charge is 2.19. The van der Waals surface area contributed by atoms with Gasteiger partial charge in [0, 0.05) is 17.7 Å². The van der Waals surface area contributed by atoms with E-state index in [1.807, 2.05) is 13.8 Å². The predicted octanol–water partition coefficient (Wildman–Crippen LogP) is 3.86. The topological polar surface area (TPSA) is 72.2 Å². The lowest BCUT2D eigenvalue weighted by Gasteiger charge is -2.23. The van der Waals surface area contributed by atoms with Crippen LogP contribution in [-0.4, -0.2) is 10.8 Å². The third kappa shape index (κ3) is 4.12. The van der Waals surface area contributed by atoms with E-state index < -0.39 is 4.92 Å². The fourth-order valence-electron chi connectivity index (χ4n) is 2.26. The van der Waals surface area contributed by atoms with Crippen LogP contribution in [0, 0.1) is 21.8 Å². The van der Waals surface area contributed by atoms with Crippen molar-refractivity contribution in [1.82, 2.24) is 5.32 Å². The Morgan fingerprint density at radius 1 is 1.09 bits per heavy atom. The first-order valence-corrected chi connectivity index (χ1v) is 7.19. The molecule has 2 aromatic rings. The number of carbonyl (C=O) groups is 1. The van der Waals surface area contributed by atoms with Crippen LogP contribution in [-0.2, 0) is 0 Å². The maximum atomic E-state index is 13.0. The Labute approximate surface area is 133 Å². The number of hydrogen-bond acceptors (Lipinski definition) is 3. The molecule has 0 aromatic heterocycles. The molecular formula is C17H17FN2O3. The van der Waals surface area contributed by atoms with E-state index in [0.29, 0.717) is 5.56 Å². The lowest BCUT2D eigenvalue weighted by atomic mass is 9.95. The summed E-state index contributed by atoms with van der Waals surface area (Å²) in [7, 11) is 0. The summed E-state index contributed by atoms with van der Waals surface area (Å²) in [5.41, 5.74) is 1.07. The van der Waals surface area contributed by atoms with Gasteiger partial charge in [0.1, 0.15) is 5.82 Å². The highest BCUT2D eigenvalue weighted by molar-refractivity contribution is 5.94. The zero-order valence-electron chi connectivity index (χ0n) is 12.8. The van der Waals surface area contributed by atoms with Gasteiger partial charge in [-0.3, -0.25) is 14.9 Å². The van der Waals surface area contributed by atoms with Gasteiger partial charge in [-0.1, -0.05) is 26.0 Å². The summed E-state index contributed by atoms with van der Waals surface area (Å²) in [5, 5.41) is 13.5. The minimum atomic E-state index is -0.517. The molecule has 0 aliphatic heterocycles. The number of amides is 1. The molecule has 0 radical (unpaired) electrons. The lowest BCUT2D eigenvalue weighted by Crippen LogP contribution is -2.31. The maximum Gasteiger partial charge on any atom is 0.269 e. The summed E-state index contributed by atoms with van der Waals surface area (Å²) < 4.78 is 13.0. The van der Waals surface area contributed by atoms with Crippen LogP contribution >= 0.6 is 0 Å². The predicted molar refractivity (Wildman–Crippen MR) is 84.5 cm³/mol. The third-order valence-corrected chi connectivity index (χ3v) is 3.52. The van der Waals surface area contributed by atoms with E-state index in [4.69, 9.17) is 0 Å². The van der Waals surface area contributed by atoms with Crippen molar-refractivity contribution < 1.29 is 14.1 Å². The van der Waals surface area contributed by atoms with Crippen molar-refractivity contribution in [3.63, 3.8) is 0 Å². The normalized spacial score (nSPS) is 12.0. The molecule has 6 heteroatoms. The van der Waals surface area contributed by atoms with Crippen LogP contribution in [0.25, 0.3) is 0 Å². The first-order valence-electron chi connectivity index (χ1n) is 7.19. The number of nitrogens with zero attached hydrogens (tertiary/aromatic N) is 1. The van der Waals surface area contributed by atoms with E-state index in [2.05, 4.69) is 5.32 Å². The molecule has 1 N–H and O–H groups in total. The van der Waals surface area contributed by atoms with Crippen molar-refractivity contribution in [2.75, 3.05) is 0 Å². The van der Waals surface area contributed by atoms with Crippen LogP contribution < -0.4 is 5.32 Å². The van der Waals surface area contributed by atoms with Gasteiger partial charge >= 0.3 is 0 Å². The second-order valence-electron chi connectivity index (χ2n) is 5.55. The Balaban J connectivity index is 2.17. The molecule has 0 spiro atoms. The average Bonchev–Trinajstić information content (AvgIpc) is 2.53. The van der Waals surface area contributed by atoms with E-state index in [1.54, 1.807) is 12.1 Å². The molecule has 1 atom stereocenters. The largest absolute Gasteiger partial charge is 0.345 e. The van der Waals surface area contributed by atoms with Crippen LogP contribution in [0.3, 0.4) is 0 Å². The Kier molecular flexibility index (Phi) is 5.05. The third-order valence-electron chi connectivity index (χ3n) is 3.52. The van der Waals surface area contributed by atoms with Crippen LogP contribution in [0.2, 0.25) is 0 Å². The van der Waals surface area contributed by atoms with E-state index in [1.165, 1.54) is 36.4 Å². The molecule has 120 valence electrons. The second kappa shape index (κ2) is 7.00. The fourth-order valence-corrected chi connectivity index (χ4v) is 2.26. The maximum absolute atomic E-state index is 13.0. The zero-order chi connectivity index (χ0) is 17.0. The van der Waals surface area contributed by atoms with Crippen LogP contribution in [0.4, 0.5) is 10.1 Å². The molecule has 0 saturated heterocycles. The number of benzene rings is 2. The highest BCUT2D eigenvalue weighted by atomic mass is 19.1. The minimum absolute atomic E-state index is 0.0690. The quantitative estimate of drug-likeness (QED) is 0.672. The number of nitro benzene ring substituents is 1. The summed E-state index contributed by atoms with van der Waals surface area (Å²) in [6, 6.07) is 11.1. The van der Waals surface area contributed by atoms with E-state index in [9.17, 15) is 19.3 Å². The number of rotatable bonds is 5. The van der Waals surface area contributed by atoms with E-state index in [-0.39, 0.29) is 29.4 Å². The first-order chi connectivity index (χ1) is 10.9. The van der Waals surface area contributed by atoms with Gasteiger partial charge in [-0.2, -0.15) is 0 Å². The van der Waals surface area contributed by atoms with Crippen molar-refractivity contribution in [2.24, 2.45) is 5.92 Å². The van der Waals surface area contributed by atoms with Crippen LogP contribution in [0.15, 0.2) is 48.5 Å². The smallest absolute Gasteiger partial charge is 0.269 e. The fraction of sp³-hybridized carbons (Fsp3) is 0.235. The second-order valence-corrected chi connectivity index (χ2v) is 5.55. The average molecular weight is 316 g/mol. The first kappa shape index (κ1) is 16.6. The van der Waals surface area contributed by atoms with E-state index in [0.717, 1.165) is 5.56 Å². The number of carbonyl (C=O) groups excluding carboxylic acids is 1. The number of nitrogens with one attached hydrogen (secondary N) is 1. The van der Waals surface area contributed by atoms with Gasteiger partial charge in [0.05, 0.1) is 11.0 Å². The number of nitro groups is 1. The summed E-state index contributed by atoms with van der Waals surface area (Å²) in [6.45, 7) is 3.90. The molecule has 0 heterocycles. The molecule has 2 rings (SSSR count). The molecule has 0 saturated carbocycles. The zero-order valence-corrected chi connectivity index (χ0v) is 12.8. The molecule has 0 fully saturated rings. The van der Waals surface area contributed by atoms with Gasteiger partial charge in [-0.25, -0.2) is 4.39 Å². The van der Waals surface area contributed by atoms with Gasteiger partial charge in [0.2, 0.25) is 0 Å². The molecule has 1 amide bonds. The van der Waals surface area contributed by atoms with Crippen molar-refractivity contribution in [2.45, 2.75) is 19.9 Å². The molecule has 2 aromatic carbocycles. The summed E-state index contributed by atoms with van der Waals surface area (Å²) >= 11 is 0. The molecule has 23 heavy (non-hydrogen) atoms. The molecule has 0 aliphatic rings. The standard InChI is InChI=1S/C17H17FN2O3/c1-11(2)16(12-3-7-14(18)8-4-12)19-17(21)13-5-9-15(10-6-13)20(22)23/h3-11,16H,1-2H3,(H,19,21). The number of hydrogen-bond donors (Lipinski definition) is 1. The van der Waals surface area contributed by atoms with Crippen molar-refractivity contribution in [1.29, 1.82) is 0 Å². The summed E-state index contributed by atoms with van der Waals surface area (Å²) in [6.07, 6.45) is 0. The van der Waals surface area contributed by atoms with Crippen LogP contribution in [0.1, 0.15) is 35.8 Å². The lowest BCUT2D eigenvalue weighted by molar-refractivity contribution is -0.384. The molecule has 5 nitrogen and oxygen atoms in total. The van der Waals surface area contributed by atoms with Crippen molar-refractivity contribution >= 4 is 11.6 Å². The SMILES string of the molecule is CC(C)C(NC(=O)c1ccc([N+](=O)[O-])cc1)c1ccc(F)cc1. The monoisotopic (exact) mass is 316 g/mol. The van der Waals surface area contributed by atoms with Crippen LogP contribution in [0.5, 0.6) is 0 Å². The van der Waals surface area contributed by atoms with Crippen molar-refractivity contribution in [3.05, 3.63) is 75.6 Å². The Morgan fingerprint density at radius 2 is 1.65 bits per heavy atom.